The van der Waals surface area contributed by atoms with Gasteiger partial charge in [0.25, 0.3) is 0 Å². The predicted octanol–water partition coefficient (Wildman–Crippen LogP) is 2.95. The van der Waals surface area contributed by atoms with Gasteiger partial charge in [0, 0.05) is 11.3 Å². The number of aromatic carboxylic acids is 1. The number of benzene rings is 1. The molecule has 0 aliphatic carbocycles. The summed E-state index contributed by atoms with van der Waals surface area (Å²) < 4.78 is 26.1. The van der Waals surface area contributed by atoms with Gasteiger partial charge < -0.3 is 10.1 Å². The van der Waals surface area contributed by atoms with E-state index < -0.39 is 17.6 Å². The van der Waals surface area contributed by atoms with Gasteiger partial charge in [0.05, 0.1) is 10.6 Å². The molecule has 0 unspecified atom stereocenters. The van der Waals surface area contributed by atoms with Crippen molar-refractivity contribution in [2.24, 2.45) is 0 Å². The maximum absolute atomic E-state index is 13.1. The van der Waals surface area contributed by atoms with E-state index in [0.717, 1.165) is 6.07 Å². The number of carbonyl (C=O) groups is 1. The van der Waals surface area contributed by atoms with Crippen LogP contribution in [0.1, 0.15) is 10.4 Å². The Morgan fingerprint density at radius 2 is 1.88 bits per heavy atom. The molecule has 88 valence electrons. The summed E-state index contributed by atoms with van der Waals surface area (Å²) in [5.74, 6) is -3.61. The Morgan fingerprint density at radius 3 is 2.41 bits per heavy atom. The highest BCUT2D eigenvalue weighted by Gasteiger charge is 2.17. The quantitative estimate of drug-likeness (QED) is 0.723. The van der Waals surface area contributed by atoms with Crippen LogP contribution in [0.2, 0.25) is 0 Å². The van der Waals surface area contributed by atoms with E-state index in [4.69, 9.17) is 5.11 Å². The Bertz CT molecular complexity index is 595. The molecular weight excluding hydrogens is 248 g/mol. The lowest BCUT2D eigenvalue weighted by Crippen LogP contribution is -2.02. The van der Waals surface area contributed by atoms with Crippen LogP contribution in [0.5, 0.6) is 0 Å². The van der Waals surface area contributed by atoms with Gasteiger partial charge in [-0.3, -0.25) is 0 Å². The van der Waals surface area contributed by atoms with E-state index in [2.05, 4.69) is 17.6 Å². The molecule has 1 heterocycles. The number of hydrogen-bond acceptors (Lipinski definition) is 2. The Balaban J connectivity index is 2.67. The molecule has 2 rings (SSSR count). The average Bonchev–Trinajstić information content (AvgIpc) is 2.68. The van der Waals surface area contributed by atoms with E-state index in [0.29, 0.717) is 16.8 Å². The van der Waals surface area contributed by atoms with Crippen molar-refractivity contribution in [1.29, 1.82) is 0 Å². The SMILES string of the molecule is O=C(O)c1cc(F)c(F)cc1-c1ccc(S)[nH]1. The first-order valence-electron chi connectivity index (χ1n) is 4.59. The molecule has 0 saturated heterocycles. The van der Waals surface area contributed by atoms with Gasteiger partial charge in [-0.1, -0.05) is 0 Å². The van der Waals surface area contributed by atoms with E-state index in [9.17, 15) is 13.6 Å². The molecule has 0 spiro atoms. The van der Waals surface area contributed by atoms with Gasteiger partial charge in [-0.15, -0.1) is 12.6 Å². The molecule has 0 atom stereocenters. The Morgan fingerprint density at radius 1 is 1.24 bits per heavy atom. The zero-order chi connectivity index (χ0) is 12.6. The van der Waals surface area contributed by atoms with Gasteiger partial charge in [-0.2, -0.15) is 0 Å². The van der Waals surface area contributed by atoms with Crippen LogP contribution < -0.4 is 0 Å². The number of nitrogens with one attached hydrogen (secondary N) is 1. The Labute approximate surface area is 101 Å². The molecule has 2 aromatic rings. The fourth-order valence-electron chi connectivity index (χ4n) is 1.49. The van der Waals surface area contributed by atoms with Gasteiger partial charge in [0.2, 0.25) is 0 Å². The molecule has 17 heavy (non-hydrogen) atoms. The van der Waals surface area contributed by atoms with Gasteiger partial charge in [-0.05, 0) is 24.3 Å². The van der Waals surface area contributed by atoms with Gasteiger partial charge in [-0.25, -0.2) is 13.6 Å². The van der Waals surface area contributed by atoms with E-state index in [1.165, 1.54) is 0 Å². The molecule has 1 aromatic heterocycles. The number of carboxylic acids is 1. The van der Waals surface area contributed by atoms with Crippen LogP contribution in [-0.4, -0.2) is 16.1 Å². The van der Waals surface area contributed by atoms with Crippen molar-refractivity contribution in [3.63, 3.8) is 0 Å². The van der Waals surface area contributed by atoms with Crippen LogP contribution in [0.3, 0.4) is 0 Å². The summed E-state index contributed by atoms with van der Waals surface area (Å²) in [5.41, 5.74) is 0.141. The molecule has 0 bridgehead atoms. The molecule has 0 fully saturated rings. The highest BCUT2D eigenvalue weighted by Crippen LogP contribution is 2.26. The van der Waals surface area contributed by atoms with Crippen molar-refractivity contribution in [2.75, 3.05) is 0 Å². The number of hydrogen-bond donors (Lipinski definition) is 3. The Kier molecular flexibility index (Phi) is 2.89. The fourth-order valence-corrected chi connectivity index (χ4v) is 1.68. The largest absolute Gasteiger partial charge is 0.478 e. The first kappa shape index (κ1) is 11.7. The zero-order valence-corrected chi connectivity index (χ0v) is 9.26. The van der Waals surface area contributed by atoms with Crippen LogP contribution in [0.15, 0.2) is 29.3 Å². The summed E-state index contributed by atoms with van der Waals surface area (Å²) in [6.45, 7) is 0. The first-order valence-corrected chi connectivity index (χ1v) is 5.04. The molecular formula is C11H7F2NO2S. The number of thiol groups is 1. The highest BCUT2D eigenvalue weighted by atomic mass is 32.1. The predicted molar refractivity (Wildman–Crippen MR) is 60.4 cm³/mol. The van der Waals surface area contributed by atoms with Crippen molar-refractivity contribution in [3.05, 3.63) is 41.5 Å². The number of H-pyrrole nitrogens is 1. The van der Waals surface area contributed by atoms with Crippen molar-refractivity contribution in [1.82, 2.24) is 4.98 Å². The second-order valence-corrected chi connectivity index (χ2v) is 3.86. The van der Waals surface area contributed by atoms with Crippen LogP contribution in [0.4, 0.5) is 8.78 Å². The summed E-state index contributed by atoms with van der Waals surface area (Å²) in [7, 11) is 0. The number of carboxylic acid groups (broad SMARTS) is 1. The normalized spacial score (nSPS) is 10.5. The molecule has 2 N–H and O–H groups in total. The third-order valence-electron chi connectivity index (χ3n) is 2.25. The van der Waals surface area contributed by atoms with Crippen LogP contribution >= 0.6 is 12.6 Å². The van der Waals surface area contributed by atoms with Crippen LogP contribution in [-0.2, 0) is 0 Å². The maximum atomic E-state index is 13.1. The molecule has 6 heteroatoms. The van der Waals surface area contributed by atoms with E-state index in [-0.39, 0.29) is 11.1 Å². The number of rotatable bonds is 2. The fraction of sp³-hybridized carbons (Fsp3) is 0. The minimum absolute atomic E-state index is 0.0803. The summed E-state index contributed by atoms with van der Waals surface area (Å²) in [5, 5.41) is 9.43. The van der Waals surface area contributed by atoms with Crippen molar-refractivity contribution < 1.29 is 18.7 Å². The lowest BCUT2D eigenvalue weighted by molar-refractivity contribution is 0.0697. The molecule has 0 amide bonds. The van der Waals surface area contributed by atoms with Crippen LogP contribution in [0.25, 0.3) is 11.3 Å². The summed E-state index contributed by atoms with van der Waals surface area (Å²) in [6, 6.07) is 4.64. The van der Waals surface area contributed by atoms with Crippen molar-refractivity contribution >= 4 is 18.6 Å². The second-order valence-electron chi connectivity index (χ2n) is 3.37. The lowest BCUT2D eigenvalue weighted by atomic mass is 10.0. The topological polar surface area (TPSA) is 53.1 Å². The second kappa shape index (κ2) is 4.21. The summed E-state index contributed by atoms with van der Waals surface area (Å²) >= 11 is 4.02. The third-order valence-corrected chi connectivity index (χ3v) is 2.51. The van der Waals surface area contributed by atoms with E-state index in [1.807, 2.05) is 0 Å². The summed E-state index contributed by atoms with van der Waals surface area (Å²) in [4.78, 5) is 13.7. The van der Waals surface area contributed by atoms with Crippen molar-refractivity contribution in [3.8, 4) is 11.3 Å². The number of aromatic nitrogens is 1. The maximum Gasteiger partial charge on any atom is 0.336 e. The molecule has 1 aromatic carbocycles. The van der Waals surface area contributed by atoms with Crippen LogP contribution in [0, 0.1) is 11.6 Å². The monoisotopic (exact) mass is 255 g/mol. The Hall–Kier alpha value is -1.82. The number of halogens is 2. The van der Waals surface area contributed by atoms with Crippen molar-refractivity contribution in [2.45, 2.75) is 5.03 Å². The first-order chi connectivity index (χ1) is 7.99. The van der Waals surface area contributed by atoms with E-state index >= 15 is 0 Å². The molecule has 0 saturated carbocycles. The molecule has 0 radical (unpaired) electrons. The summed E-state index contributed by atoms with van der Waals surface area (Å²) in [6.07, 6.45) is 0. The smallest absolute Gasteiger partial charge is 0.336 e. The van der Waals surface area contributed by atoms with Gasteiger partial charge >= 0.3 is 5.97 Å². The minimum atomic E-state index is -1.32. The van der Waals surface area contributed by atoms with Gasteiger partial charge in [0.15, 0.2) is 11.6 Å². The molecule has 0 aliphatic rings. The molecule has 3 nitrogen and oxygen atoms in total. The number of aromatic amines is 1. The lowest BCUT2D eigenvalue weighted by Gasteiger charge is -2.05. The standard InChI is InChI=1S/C11H7F2NO2S/c12-7-3-5(9-1-2-10(17)14-9)6(11(15)16)4-8(7)13/h1-4,14,17H,(H,15,16). The van der Waals surface area contributed by atoms with E-state index in [1.54, 1.807) is 12.1 Å². The third kappa shape index (κ3) is 2.16. The van der Waals surface area contributed by atoms with Gasteiger partial charge in [0.1, 0.15) is 0 Å². The average molecular weight is 255 g/mol. The minimum Gasteiger partial charge on any atom is -0.478 e. The zero-order valence-electron chi connectivity index (χ0n) is 8.37. The highest BCUT2D eigenvalue weighted by molar-refractivity contribution is 7.80. The molecule has 0 aliphatic heterocycles.